The predicted molar refractivity (Wildman–Crippen MR) is 125 cm³/mol. The molecule has 2 N–H and O–H groups in total. The van der Waals surface area contributed by atoms with Crippen molar-refractivity contribution in [2.45, 2.75) is 97.4 Å². The van der Waals surface area contributed by atoms with Crippen molar-refractivity contribution in [3.8, 4) is 0 Å². The molecule has 7 heteroatoms. The Morgan fingerprint density at radius 3 is 2.38 bits per heavy atom. The number of rotatable bonds is 7. The molecule has 178 valence electrons. The summed E-state index contributed by atoms with van der Waals surface area (Å²) >= 11 is 0. The molecule has 3 amide bonds. The SMILES string of the molecule is CCN(C(=O)C(C)NC(=O)OC(C)(C)C)C(C(=O)NC1CCCCC1)c1cccc(C)c1. The number of likely N-dealkylation sites (N-methyl/N-ethyl adjacent to an activating group) is 1. The van der Waals surface area contributed by atoms with Gasteiger partial charge in [0, 0.05) is 12.6 Å². The van der Waals surface area contributed by atoms with Gasteiger partial charge in [0.1, 0.15) is 17.7 Å². The highest BCUT2D eigenvalue weighted by Gasteiger charge is 2.34. The molecule has 1 fully saturated rings. The molecule has 1 aromatic rings. The smallest absolute Gasteiger partial charge is 0.408 e. The average molecular weight is 446 g/mol. The number of alkyl carbamates (subject to hydrolysis) is 1. The molecule has 1 saturated carbocycles. The number of nitrogens with one attached hydrogen (secondary N) is 2. The fraction of sp³-hybridized carbons (Fsp3) is 0.640. The van der Waals surface area contributed by atoms with Crippen LogP contribution in [0.2, 0.25) is 0 Å². The molecule has 0 bridgehead atoms. The minimum Gasteiger partial charge on any atom is -0.444 e. The number of carbonyl (C=O) groups excluding carboxylic acids is 3. The Bertz CT molecular complexity index is 797. The second kappa shape index (κ2) is 11.3. The third-order valence-corrected chi connectivity index (χ3v) is 5.60. The molecule has 2 atom stereocenters. The highest BCUT2D eigenvalue weighted by atomic mass is 16.6. The Balaban J connectivity index is 2.25. The van der Waals surface area contributed by atoms with Crippen LogP contribution in [0.1, 0.15) is 83.9 Å². The Morgan fingerprint density at radius 2 is 1.81 bits per heavy atom. The van der Waals surface area contributed by atoms with E-state index >= 15 is 0 Å². The molecule has 0 aromatic heterocycles. The zero-order valence-electron chi connectivity index (χ0n) is 20.4. The normalized spacial score (nSPS) is 16.6. The van der Waals surface area contributed by atoms with Crippen molar-refractivity contribution in [1.82, 2.24) is 15.5 Å². The second-order valence-corrected chi connectivity index (χ2v) is 9.65. The minimum atomic E-state index is -0.834. The maximum absolute atomic E-state index is 13.4. The topological polar surface area (TPSA) is 87.7 Å². The van der Waals surface area contributed by atoms with Gasteiger partial charge in [0.15, 0.2) is 0 Å². The molecule has 7 nitrogen and oxygen atoms in total. The van der Waals surface area contributed by atoms with E-state index in [-0.39, 0.29) is 17.9 Å². The first-order chi connectivity index (χ1) is 15.0. The summed E-state index contributed by atoms with van der Waals surface area (Å²) in [6.07, 6.45) is 4.67. The van der Waals surface area contributed by atoms with Crippen molar-refractivity contribution in [3.63, 3.8) is 0 Å². The van der Waals surface area contributed by atoms with Crippen molar-refractivity contribution in [3.05, 3.63) is 35.4 Å². The summed E-state index contributed by atoms with van der Waals surface area (Å²) in [7, 11) is 0. The summed E-state index contributed by atoms with van der Waals surface area (Å²) in [4.78, 5) is 40.5. The van der Waals surface area contributed by atoms with E-state index in [4.69, 9.17) is 4.74 Å². The lowest BCUT2D eigenvalue weighted by Crippen LogP contribution is -2.52. The first-order valence-corrected chi connectivity index (χ1v) is 11.7. The largest absolute Gasteiger partial charge is 0.444 e. The van der Waals surface area contributed by atoms with Gasteiger partial charge in [-0.25, -0.2) is 4.79 Å². The average Bonchev–Trinajstić information content (AvgIpc) is 2.70. The van der Waals surface area contributed by atoms with E-state index in [1.807, 2.05) is 38.1 Å². The first-order valence-electron chi connectivity index (χ1n) is 11.7. The zero-order chi connectivity index (χ0) is 23.9. The van der Waals surface area contributed by atoms with Crippen LogP contribution in [-0.4, -0.2) is 47.0 Å². The molecule has 1 aliphatic rings. The van der Waals surface area contributed by atoms with E-state index in [2.05, 4.69) is 10.6 Å². The van der Waals surface area contributed by atoms with Gasteiger partial charge in [-0.1, -0.05) is 49.1 Å². The summed E-state index contributed by atoms with van der Waals surface area (Å²) in [5.41, 5.74) is 1.11. The van der Waals surface area contributed by atoms with Crippen molar-refractivity contribution in [2.24, 2.45) is 0 Å². The van der Waals surface area contributed by atoms with Crippen LogP contribution in [0, 0.1) is 6.92 Å². The molecule has 0 aliphatic heterocycles. The number of amides is 3. The Labute approximate surface area is 192 Å². The lowest BCUT2D eigenvalue weighted by atomic mass is 9.94. The number of aryl methyl sites for hydroxylation is 1. The molecule has 0 heterocycles. The van der Waals surface area contributed by atoms with Crippen molar-refractivity contribution < 1.29 is 19.1 Å². The fourth-order valence-corrected chi connectivity index (χ4v) is 4.10. The monoisotopic (exact) mass is 445 g/mol. The number of benzene rings is 1. The summed E-state index contributed by atoms with van der Waals surface area (Å²) in [6.45, 7) is 11.0. The first kappa shape index (κ1) is 25.7. The van der Waals surface area contributed by atoms with Crippen LogP contribution in [-0.2, 0) is 14.3 Å². The van der Waals surface area contributed by atoms with Crippen LogP contribution in [0.3, 0.4) is 0 Å². The van der Waals surface area contributed by atoms with Crippen molar-refractivity contribution in [2.75, 3.05) is 6.54 Å². The molecule has 1 aromatic carbocycles. The highest BCUT2D eigenvalue weighted by Crippen LogP contribution is 2.25. The summed E-state index contributed by atoms with van der Waals surface area (Å²) in [5, 5.41) is 5.78. The summed E-state index contributed by atoms with van der Waals surface area (Å²) in [5.74, 6) is -0.508. The van der Waals surface area contributed by atoms with Gasteiger partial charge >= 0.3 is 6.09 Å². The summed E-state index contributed by atoms with van der Waals surface area (Å²) in [6, 6.07) is 6.20. The molecule has 1 aliphatic carbocycles. The van der Waals surface area contributed by atoms with Gasteiger partial charge in [-0.15, -0.1) is 0 Å². The van der Waals surface area contributed by atoms with Gasteiger partial charge in [-0.05, 0) is 59.9 Å². The fourth-order valence-electron chi connectivity index (χ4n) is 4.10. The van der Waals surface area contributed by atoms with Gasteiger partial charge in [0.25, 0.3) is 0 Å². The zero-order valence-corrected chi connectivity index (χ0v) is 20.4. The molecule has 0 saturated heterocycles. The van der Waals surface area contributed by atoms with Crippen molar-refractivity contribution in [1.29, 1.82) is 0 Å². The third-order valence-electron chi connectivity index (χ3n) is 5.60. The number of hydrogen-bond acceptors (Lipinski definition) is 4. The van der Waals surface area contributed by atoms with Crippen LogP contribution < -0.4 is 10.6 Å². The van der Waals surface area contributed by atoms with Gasteiger partial charge < -0.3 is 20.3 Å². The third kappa shape index (κ3) is 7.53. The Kier molecular flexibility index (Phi) is 9.10. The van der Waals surface area contributed by atoms with Crippen LogP contribution in [0.25, 0.3) is 0 Å². The van der Waals surface area contributed by atoms with Crippen molar-refractivity contribution >= 4 is 17.9 Å². The predicted octanol–water partition coefficient (Wildman–Crippen LogP) is 4.25. The molecule has 0 radical (unpaired) electrons. The van der Waals surface area contributed by atoms with Gasteiger partial charge in [-0.2, -0.15) is 0 Å². The Hall–Kier alpha value is -2.57. The van der Waals surface area contributed by atoms with Crippen LogP contribution in [0.15, 0.2) is 24.3 Å². The number of carbonyl (C=O) groups is 3. The van der Waals surface area contributed by atoms with Crippen LogP contribution in [0.4, 0.5) is 4.79 Å². The van der Waals surface area contributed by atoms with E-state index < -0.39 is 23.8 Å². The molecule has 0 spiro atoms. The molecular formula is C25H39N3O4. The van der Waals surface area contributed by atoms with Gasteiger partial charge in [0.2, 0.25) is 11.8 Å². The number of hydrogen-bond donors (Lipinski definition) is 2. The van der Waals surface area contributed by atoms with E-state index in [0.717, 1.165) is 36.8 Å². The Morgan fingerprint density at radius 1 is 1.16 bits per heavy atom. The summed E-state index contributed by atoms with van der Waals surface area (Å²) < 4.78 is 5.28. The number of ether oxygens (including phenoxy) is 1. The van der Waals surface area contributed by atoms with E-state index in [9.17, 15) is 14.4 Å². The van der Waals surface area contributed by atoms with Crippen LogP contribution >= 0.6 is 0 Å². The molecule has 32 heavy (non-hydrogen) atoms. The van der Waals surface area contributed by atoms with E-state index in [1.54, 1.807) is 27.7 Å². The van der Waals surface area contributed by atoms with E-state index in [0.29, 0.717) is 6.54 Å². The maximum atomic E-state index is 13.4. The molecular weight excluding hydrogens is 406 g/mol. The lowest BCUT2D eigenvalue weighted by molar-refractivity contribution is -0.142. The quantitative estimate of drug-likeness (QED) is 0.657. The highest BCUT2D eigenvalue weighted by molar-refractivity contribution is 5.92. The second-order valence-electron chi connectivity index (χ2n) is 9.65. The number of nitrogens with zero attached hydrogens (tertiary/aromatic N) is 1. The maximum Gasteiger partial charge on any atom is 0.408 e. The van der Waals surface area contributed by atoms with E-state index in [1.165, 1.54) is 11.3 Å². The molecule has 2 unspecified atom stereocenters. The minimum absolute atomic E-state index is 0.134. The van der Waals surface area contributed by atoms with Gasteiger partial charge in [0.05, 0.1) is 0 Å². The molecule has 2 rings (SSSR count). The standard InChI is InChI=1S/C25H39N3O4/c1-7-28(23(30)18(3)26-24(31)32-25(4,5)6)21(19-13-11-12-17(2)16-19)22(29)27-20-14-9-8-10-15-20/h11-13,16,18,20-21H,7-10,14-15H2,1-6H3,(H,26,31)(H,27,29). The van der Waals surface area contributed by atoms with Gasteiger partial charge in [-0.3, -0.25) is 9.59 Å². The van der Waals surface area contributed by atoms with Crippen LogP contribution in [0.5, 0.6) is 0 Å². The lowest BCUT2D eigenvalue weighted by Gasteiger charge is -2.34.